The van der Waals surface area contributed by atoms with Crippen LogP contribution in [-0.2, 0) is 0 Å². The maximum atomic E-state index is 4.27. The van der Waals surface area contributed by atoms with Crippen LogP contribution in [0.3, 0.4) is 0 Å². The molecular formula is C8H11N. The predicted octanol–water partition coefficient (Wildman–Crippen LogP) is 1.49. The van der Waals surface area contributed by atoms with Crippen molar-refractivity contribution in [1.29, 1.82) is 0 Å². The summed E-state index contributed by atoms with van der Waals surface area (Å²) in [7, 11) is 0. The van der Waals surface area contributed by atoms with E-state index >= 15 is 0 Å². The molecule has 0 aromatic heterocycles. The Morgan fingerprint density at radius 2 is 1.89 bits per heavy atom. The molecule has 1 aliphatic rings. The minimum Gasteiger partial charge on any atom is -0.289 e. The summed E-state index contributed by atoms with van der Waals surface area (Å²) in [5.41, 5.74) is 0.0615. The first-order valence-electron chi connectivity index (χ1n) is 3.14. The van der Waals surface area contributed by atoms with Crippen LogP contribution in [0.1, 0.15) is 20.8 Å². The topological polar surface area (TPSA) is 12.4 Å². The van der Waals surface area contributed by atoms with Gasteiger partial charge in [-0.2, -0.15) is 0 Å². The molecule has 48 valence electrons. The summed E-state index contributed by atoms with van der Waals surface area (Å²) >= 11 is 0. The largest absolute Gasteiger partial charge is 0.289 e. The average molecular weight is 121 g/mol. The summed E-state index contributed by atoms with van der Waals surface area (Å²) in [5.74, 6) is 6.14. The van der Waals surface area contributed by atoms with E-state index < -0.39 is 0 Å². The highest BCUT2D eigenvalue weighted by Gasteiger charge is 2.09. The van der Waals surface area contributed by atoms with Gasteiger partial charge in [-0.15, -0.1) is 0 Å². The maximum Gasteiger partial charge on any atom is 0.116 e. The third-order valence-corrected chi connectivity index (χ3v) is 0.922. The molecule has 0 saturated carbocycles. The molecule has 0 radical (unpaired) electrons. The second-order valence-corrected chi connectivity index (χ2v) is 3.22. The quantitative estimate of drug-likeness (QED) is 0.368. The number of hydrogen-bond acceptors (Lipinski definition) is 1. The van der Waals surface area contributed by atoms with E-state index in [2.05, 4.69) is 37.6 Å². The molecule has 0 aromatic rings. The van der Waals surface area contributed by atoms with Crippen molar-refractivity contribution < 1.29 is 0 Å². The Balaban J connectivity index is 2.30. The molecule has 1 aliphatic carbocycles. The summed E-state index contributed by atoms with van der Waals surface area (Å²) in [6.07, 6.45) is 1.89. The summed E-state index contributed by atoms with van der Waals surface area (Å²) in [6.45, 7) is 6.23. The van der Waals surface area contributed by atoms with Crippen LogP contribution in [-0.4, -0.2) is 11.8 Å². The van der Waals surface area contributed by atoms with Crippen molar-refractivity contribution in [3.05, 3.63) is 0 Å². The molecule has 0 bridgehead atoms. The van der Waals surface area contributed by atoms with E-state index in [1.165, 1.54) is 0 Å². The first kappa shape index (κ1) is 6.35. The van der Waals surface area contributed by atoms with Crippen molar-refractivity contribution in [3.63, 3.8) is 0 Å². The van der Waals surface area contributed by atoms with Gasteiger partial charge in [0, 0.05) is 6.21 Å². The zero-order valence-electron chi connectivity index (χ0n) is 6.10. The predicted molar refractivity (Wildman–Crippen MR) is 39.5 cm³/mol. The van der Waals surface area contributed by atoms with Crippen LogP contribution >= 0.6 is 0 Å². The van der Waals surface area contributed by atoms with Gasteiger partial charge in [0.05, 0.1) is 5.54 Å². The highest BCUT2D eigenvalue weighted by molar-refractivity contribution is 5.75. The summed E-state index contributed by atoms with van der Waals surface area (Å²) in [4.78, 5) is 4.27. The normalized spacial score (nSPS) is 17.7. The van der Waals surface area contributed by atoms with Crippen LogP contribution in [0.2, 0.25) is 0 Å². The summed E-state index contributed by atoms with van der Waals surface area (Å²) in [5, 5.41) is 0. The summed E-state index contributed by atoms with van der Waals surface area (Å²) < 4.78 is 0. The zero-order chi connectivity index (χ0) is 6.91. The Morgan fingerprint density at radius 3 is 2.22 bits per heavy atom. The fourth-order valence-corrected chi connectivity index (χ4v) is 0.421. The molecule has 1 nitrogen and oxygen atoms in total. The molecule has 0 spiro atoms. The minimum absolute atomic E-state index is 0.0615. The van der Waals surface area contributed by atoms with E-state index in [-0.39, 0.29) is 5.54 Å². The number of rotatable bonds is 1. The second-order valence-electron chi connectivity index (χ2n) is 3.22. The van der Waals surface area contributed by atoms with E-state index in [1.807, 2.05) is 6.21 Å². The van der Waals surface area contributed by atoms with Crippen LogP contribution in [0.5, 0.6) is 0 Å². The molecule has 0 amide bonds. The van der Waals surface area contributed by atoms with Gasteiger partial charge in [-0.25, -0.2) is 0 Å². The lowest BCUT2D eigenvalue weighted by Gasteiger charge is -2.09. The Bertz CT molecular complexity index is 177. The number of aliphatic imine (C=N–C) groups is 1. The van der Waals surface area contributed by atoms with Crippen LogP contribution < -0.4 is 0 Å². The molecule has 0 atom stereocenters. The SMILES string of the molecule is CC(C)(C)/N=C/C1C#C1. The van der Waals surface area contributed by atoms with Gasteiger partial charge in [-0.05, 0) is 20.8 Å². The van der Waals surface area contributed by atoms with Gasteiger partial charge in [0.2, 0.25) is 0 Å². The smallest absolute Gasteiger partial charge is 0.116 e. The van der Waals surface area contributed by atoms with Gasteiger partial charge in [0.15, 0.2) is 0 Å². The monoisotopic (exact) mass is 121 g/mol. The Morgan fingerprint density at radius 1 is 1.33 bits per heavy atom. The fourth-order valence-electron chi connectivity index (χ4n) is 0.421. The lowest BCUT2D eigenvalue weighted by Crippen LogP contribution is -2.09. The minimum atomic E-state index is 0.0615. The van der Waals surface area contributed by atoms with Crippen molar-refractivity contribution in [2.24, 2.45) is 10.9 Å². The molecule has 0 unspecified atom stereocenters. The van der Waals surface area contributed by atoms with Crippen LogP contribution in [0.15, 0.2) is 4.99 Å². The molecule has 0 N–H and O–H groups in total. The molecule has 0 saturated heterocycles. The number of hydrogen-bond donors (Lipinski definition) is 0. The Labute approximate surface area is 56.2 Å². The average Bonchev–Trinajstić information content (AvgIpc) is 2.38. The van der Waals surface area contributed by atoms with E-state index in [4.69, 9.17) is 0 Å². The third kappa shape index (κ3) is 2.92. The molecule has 0 heterocycles. The van der Waals surface area contributed by atoms with Crippen molar-refractivity contribution in [2.75, 3.05) is 0 Å². The van der Waals surface area contributed by atoms with E-state index in [1.54, 1.807) is 0 Å². The molecule has 0 aromatic carbocycles. The second kappa shape index (κ2) is 1.88. The molecule has 0 fully saturated rings. The van der Waals surface area contributed by atoms with Gasteiger partial charge in [-0.1, -0.05) is 11.8 Å². The molecule has 1 heteroatoms. The van der Waals surface area contributed by atoms with Gasteiger partial charge in [0.25, 0.3) is 0 Å². The van der Waals surface area contributed by atoms with Crippen molar-refractivity contribution in [1.82, 2.24) is 0 Å². The van der Waals surface area contributed by atoms with Crippen LogP contribution in [0.25, 0.3) is 0 Å². The highest BCUT2D eigenvalue weighted by Crippen LogP contribution is 2.08. The fraction of sp³-hybridized carbons (Fsp3) is 0.625. The van der Waals surface area contributed by atoms with Gasteiger partial charge >= 0.3 is 0 Å². The highest BCUT2D eigenvalue weighted by atomic mass is 14.8. The molecule has 9 heavy (non-hydrogen) atoms. The first-order valence-corrected chi connectivity index (χ1v) is 3.14. The van der Waals surface area contributed by atoms with E-state index in [0.717, 1.165) is 0 Å². The van der Waals surface area contributed by atoms with Crippen molar-refractivity contribution in [3.8, 4) is 11.8 Å². The lowest BCUT2D eigenvalue weighted by molar-refractivity contribution is 0.585. The van der Waals surface area contributed by atoms with E-state index in [9.17, 15) is 0 Å². The lowest BCUT2D eigenvalue weighted by atomic mass is 10.1. The van der Waals surface area contributed by atoms with Gasteiger partial charge in [0.1, 0.15) is 5.92 Å². The number of nitrogens with zero attached hydrogens (tertiary/aromatic N) is 1. The molecular weight excluding hydrogens is 110 g/mol. The zero-order valence-corrected chi connectivity index (χ0v) is 6.10. The maximum absolute atomic E-state index is 4.27. The van der Waals surface area contributed by atoms with Crippen molar-refractivity contribution in [2.45, 2.75) is 26.3 Å². The third-order valence-electron chi connectivity index (χ3n) is 0.922. The Kier molecular flexibility index (Phi) is 1.32. The van der Waals surface area contributed by atoms with Crippen molar-refractivity contribution >= 4 is 6.21 Å². The molecule has 0 aliphatic heterocycles. The van der Waals surface area contributed by atoms with Crippen LogP contribution in [0, 0.1) is 17.8 Å². The summed E-state index contributed by atoms with van der Waals surface area (Å²) in [6, 6.07) is 0. The van der Waals surface area contributed by atoms with Crippen LogP contribution in [0.4, 0.5) is 0 Å². The van der Waals surface area contributed by atoms with Gasteiger partial charge < -0.3 is 0 Å². The molecule has 1 rings (SSSR count). The first-order chi connectivity index (χ1) is 4.08. The Hall–Kier alpha value is -0.770. The standard InChI is InChI=1S/C8H11N/c1-8(2,3)9-6-7-4-5-7/h6-7H,1-3H3/b9-6+. The van der Waals surface area contributed by atoms with Gasteiger partial charge in [-0.3, -0.25) is 4.99 Å². The van der Waals surface area contributed by atoms with E-state index in [0.29, 0.717) is 5.92 Å².